The molecule has 3 rings (SSSR count). The van der Waals surface area contributed by atoms with Gasteiger partial charge < -0.3 is 14.8 Å². The average molecular weight is 311 g/mol. The lowest BCUT2D eigenvalue weighted by Gasteiger charge is -2.25. The first-order valence-electron chi connectivity index (χ1n) is 8.13. The van der Waals surface area contributed by atoms with Gasteiger partial charge in [0.15, 0.2) is 11.5 Å². The lowest BCUT2D eigenvalue weighted by molar-refractivity contribution is 0.172. The van der Waals surface area contributed by atoms with Gasteiger partial charge in [-0.05, 0) is 48.1 Å². The van der Waals surface area contributed by atoms with E-state index < -0.39 is 0 Å². The second-order valence-electron chi connectivity index (χ2n) is 7.19. The first kappa shape index (κ1) is 15.7. The van der Waals surface area contributed by atoms with Crippen molar-refractivity contribution in [1.82, 2.24) is 0 Å². The Labute approximate surface area is 138 Å². The van der Waals surface area contributed by atoms with E-state index in [1.54, 1.807) is 0 Å². The molecule has 0 atom stereocenters. The number of para-hydroxylation sites is 1. The van der Waals surface area contributed by atoms with E-state index >= 15 is 0 Å². The van der Waals surface area contributed by atoms with E-state index in [9.17, 15) is 0 Å². The minimum atomic E-state index is 0.150. The van der Waals surface area contributed by atoms with Crippen molar-refractivity contribution in [2.75, 3.05) is 18.5 Å². The molecule has 0 spiro atoms. The summed E-state index contributed by atoms with van der Waals surface area (Å²) in [4.78, 5) is 0. The van der Waals surface area contributed by atoms with E-state index in [-0.39, 0.29) is 5.41 Å². The molecule has 0 saturated carbocycles. The van der Waals surface area contributed by atoms with Gasteiger partial charge >= 0.3 is 0 Å². The second kappa shape index (κ2) is 5.80. The Morgan fingerprint density at radius 3 is 2.26 bits per heavy atom. The van der Waals surface area contributed by atoms with E-state index in [0.29, 0.717) is 13.2 Å². The van der Waals surface area contributed by atoms with Crippen molar-refractivity contribution in [1.29, 1.82) is 0 Å². The quantitative estimate of drug-likeness (QED) is 0.835. The zero-order valence-corrected chi connectivity index (χ0v) is 14.6. The van der Waals surface area contributed by atoms with Gasteiger partial charge in [-0.2, -0.15) is 0 Å². The Balaban J connectivity index is 1.98. The molecule has 0 bridgehead atoms. The highest BCUT2D eigenvalue weighted by atomic mass is 16.6. The summed E-state index contributed by atoms with van der Waals surface area (Å²) in [7, 11) is 0. The fourth-order valence-corrected chi connectivity index (χ4v) is 2.90. The van der Waals surface area contributed by atoms with E-state index in [1.165, 1.54) is 16.7 Å². The molecule has 1 N–H and O–H groups in total. The van der Waals surface area contributed by atoms with Crippen LogP contribution in [0.15, 0.2) is 30.3 Å². The molecular weight excluding hydrogens is 286 g/mol. The molecule has 0 saturated heterocycles. The maximum absolute atomic E-state index is 5.80. The minimum absolute atomic E-state index is 0.150. The molecule has 0 amide bonds. The molecule has 2 aromatic rings. The molecule has 0 unspecified atom stereocenters. The van der Waals surface area contributed by atoms with Crippen LogP contribution in [-0.4, -0.2) is 13.2 Å². The third-order valence-corrected chi connectivity index (χ3v) is 4.22. The third kappa shape index (κ3) is 3.14. The summed E-state index contributed by atoms with van der Waals surface area (Å²) >= 11 is 0. The Morgan fingerprint density at radius 1 is 0.957 bits per heavy atom. The molecular formula is C20H25NO2. The second-order valence-corrected chi connectivity index (χ2v) is 7.19. The molecule has 3 nitrogen and oxygen atoms in total. The lowest BCUT2D eigenvalue weighted by atomic mass is 9.85. The summed E-state index contributed by atoms with van der Waals surface area (Å²) in [5.74, 6) is 1.61. The van der Waals surface area contributed by atoms with Crippen LogP contribution in [0.1, 0.15) is 37.5 Å². The first-order valence-corrected chi connectivity index (χ1v) is 8.13. The molecule has 1 aliphatic heterocycles. The van der Waals surface area contributed by atoms with Crippen LogP contribution in [0.2, 0.25) is 0 Å². The van der Waals surface area contributed by atoms with Crippen LogP contribution >= 0.6 is 0 Å². The van der Waals surface area contributed by atoms with E-state index in [0.717, 1.165) is 22.9 Å². The summed E-state index contributed by atoms with van der Waals surface area (Å²) in [6.07, 6.45) is 0. The van der Waals surface area contributed by atoms with E-state index in [2.05, 4.69) is 52.1 Å². The van der Waals surface area contributed by atoms with Crippen LogP contribution in [0, 0.1) is 13.8 Å². The molecule has 0 aliphatic carbocycles. The molecule has 3 heteroatoms. The van der Waals surface area contributed by atoms with Gasteiger partial charge in [-0.1, -0.05) is 39.0 Å². The Morgan fingerprint density at radius 2 is 1.61 bits per heavy atom. The summed E-state index contributed by atoms with van der Waals surface area (Å²) < 4.78 is 11.5. The van der Waals surface area contributed by atoms with Gasteiger partial charge in [-0.3, -0.25) is 0 Å². The maximum Gasteiger partial charge on any atom is 0.184 e. The molecule has 2 aromatic carbocycles. The topological polar surface area (TPSA) is 30.5 Å². The van der Waals surface area contributed by atoms with Gasteiger partial charge in [0.05, 0.1) is 5.69 Å². The zero-order valence-electron chi connectivity index (χ0n) is 14.6. The predicted octanol–water partition coefficient (Wildman–Crippen LogP) is 5.12. The standard InChI is InChI=1S/C20H25NO2/c1-13-11-15(20(3,4)5)12-14(2)18(13)21-16-7-6-8-17-19(16)23-10-9-22-17/h6-8,11-12,21H,9-10H2,1-5H3. The van der Waals surface area contributed by atoms with Gasteiger partial charge in [0.1, 0.15) is 13.2 Å². The first-order chi connectivity index (χ1) is 10.9. The van der Waals surface area contributed by atoms with E-state index in [1.807, 2.05) is 18.2 Å². The van der Waals surface area contributed by atoms with Crippen LogP contribution < -0.4 is 14.8 Å². The summed E-state index contributed by atoms with van der Waals surface area (Å²) in [5.41, 5.74) is 6.08. The number of hydrogen-bond donors (Lipinski definition) is 1. The monoisotopic (exact) mass is 311 g/mol. The molecule has 0 aromatic heterocycles. The number of hydrogen-bond acceptors (Lipinski definition) is 3. The number of fused-ring (bicyclic) bond motifs is 1. The van der Waals surface area contributed by atoms with Gasteiger partial charge in [0.2, 0.25) is 0 Å². The van der Waals surface area contributed by atoms with Gasteiger partial charge in [0, 0.05) is 5.69 Å². The van der Waals surface area contributed by atoms with Crippen LogP contribution in [0.4, 0.5) is 11.4 Å². The van der Waals surface area contributed by atoms with Crippen molar-refractivity contribution in [3.63, 3.8) is 0 Å². The van der Waals surface area contributed by atoms with Crippen LogP contribution in [0.5, 0.6) is 11.5 Å². The highest BCUT2D eigenvalue weighted by molar-refractivity contribution is 5.74. The number of aryl methyl sites for hydroxylation is 2. The molecule has 1 aliphatic rings. The van der Waals surface area contributed by atoms with Crippen molar-refractivity contribution < 1.29 is 9.47 Å². The smallest absolute Gasteiger partial charge is 0.184 e. The highest BCUT2D eigenvalue weighted by Gasteiger charge is 2.19. The Bertz CT molecular complexity index is 706. The Kier molecular flexibility index (Phi) is 3.97. The molecule has 23 heavy (non-hydrogen) atoms. The SMILES string of the molecule is Cc1cc(C(C)(C)C)cc(C)c1Nc1cccc2c1OCCO2. The number of anilines is 2. The number of rotatable bonds is 2. The van der Waals surface area contributed by atoms with Crippen molar-refractivity contribution in [2.45, 2.75) is 40.0 Å². The normalized spacial score (nSPS) is 13.8. The van der Waals surface area contributed by atoms with Crippen LogP contribution in [0.25, 0.3) is 0 Å². The van der Waals surface area contributed by atoms with Crippen molar-refractivity contribution in [3.05, 3.63) is 47.0 Å². The van der Waals surface area contributed by atoms with Crippen molar-refractivity contribution in [3.8, 4) is 11.5 Å². The van der Waals surface area contributed by atoms with Crippen LogP contribution in [-0.2, 0) is 5.41 Å². The fourth-order valence-electron chi connectivity index (χ4n) is 2.90. The summed E-state index contributed by atoms with van der Waals surface area (Å²) in [6.45, 7) is 12.2. The zero-order chi connectivity index (χ0) is 16.6. The number of nitrogens with one attached hydrogen (secondary N) is 1. The molecule has 0 radical (unpaired) electrons. The average Bonchev–Trinajstić information content (AvgIpc) is 2.50. The van der Waals surface area contributed by atoms with Gasteiger partial charge in [0.25, 0.3) is 0 Å². The minimum Gasteiger partial charge on any atom is -0.486 e. The molecule has 0 fully saturated rings. The van der Waals surface area contributed by atoms with E-state index in [4.69, 9.17) is 9.47 Å². The van der Waals surface area contributed by atoms with Crippen LogP contribution in [0.3, 0.4) is 0 Å². The lowest BCUT2D eigenvalue weighted by Crippen LogP contribution is -2.16. The summed E-state index contributed by atoms with van der Waals surface area (Å²) in [6, 6.07) is 10.5. The molecule has 122 valence electrons. The van der Waals surface area contributed by atoms with Crippen molar-refractivity contribution in [2.24, 2.45) is 0 Å². The predicted molar refractivity (Wildman–Crippen MR) is 95.3 cm³/mol. The number of benzene rings is 2. The number of ether oxygens (including phenoxy) is 2. The maximum atomic E-state index is 5.80. The molecule has 1 heterocycles. The van der Waals surface area contributed by atoms with Crippen molar-refractivity contribution >= 4 is 11.4 Å². The summed E-state index contributed by atoms with van der Waals surface area (Å²) in [5, 5.41) is 3.54. The van der Waals surface area contributed by atoms with Gasteiger partial charge in [-0.15, -0.1) is 0 Å². The Hall–Kier alpha value is -2.16. The highest BCUT2D eigenvalue weighted by Crippen LogP contribution is 2.40. The fraction of sp³-hybridized carbons (Fsp3) is 0.400. The third-order valence-electron chi connectivity index (χ3n) is 4.22. The van der Waals surface area contributed by atoms with Gasteiger partial charge in [-0.25, -0.2) is 0 Å². The largest absolute Gasteiger partial charge is 0.486 e.